The van der Waals surface area contributed by atoms with E-state index in [2.05, 4.69) is 5.32 Å². The van der Waals surface area contributed by atoms with Crippen molar-refractivity contribution in [3.63, 3.8) is 0 Å². The van der Waals surface area contributed by atoms with Crippen molar-refractivity contribution in [3.8, 4) is 0 Å². The van der Waals surface area contributed by atoms with Gasteiger partial charge >= 0.3 is 0 Å². The van der Waals surface area contributed by atoms with Gasteiger partial charge in [-0.1, -0.05) is 0 Å². The van der Waals surface area contributed by atoms with Gasteiger partial charge < -0.3 is 5.32 Å². The SMILES string of the molecule is CC(=O)NC1=C(C)C(=O)CCC1. The molecule has 1 rings (SSSR count). The van der Waals surface area contributed by atoms with Crippen molar-refractivity contribution in [2.75, 3.05) is 0 Å². The molecule has 0 heterocycles. The molecule has 66 valence electrons. The molecule has 0 aromatic rings. The van der Waals surface area contributed by atoms with E-state index in [1.165, 1.54) is 6.92 Å². The van der Waals surface area contributed by atoms with Gasteiger partial charge in [-0.25, -0.2) is 0 Å². The number of rotatable bonds is 1. The van der Waals surface area contributed by atoms with Gasteiger partial charge in [0.05, 0.1) is 0 Å². The predicted molar refractivity (Wildman–Crippen MR) is 45.4 cm³/mol. The van der Waals surface area contributed by atoms with Crippen LogP contribution >= 0.6 is 0 Å². The molecule has 12 heavy (non-hydrogen) atoms. The zero-order chi connectivity index (χ0) is 9.14. The number of hydrogen-bond donors (Lipinski definition) is 1. The number of carbonyl (C=O) groups is 2. The third-order valence-corrected chi connectivity index (χ3v) is 2.03. The molecule has 1 N–H and O–H groups in total. The predicted octanol–water partition coefficient (Wildman–Crippen LogP) is 1.15. The molecule has 0 radical (unpaired) electrons. The van der Waals surface area contributed by atoms with Gasteiger partial charge in [-0.15, -0.1) is 0 Å². The molecule has 0 saturated heterocycles. The second-order valence-corrected chi connectivity index (χ2v) is 3.06. The fraction of sp³-hybridized carbons (Fsp3) is 0.556. The second-order valence-electron chi connectivity index (χ2n) is 3.06. The van der Waals surface area contributed by atoms with Gasteiger partial charge in [0.15, 0.2) is 5.78 Å². The van der Waals surface area contributed by atoms with Crippen LogP contribution in [0.1, 0.15) is 33.1 Å². The highest BCUT2D eigenvalue weighted by atomic mass is 16.1. The average Bonchev–Trinajstić information content (AvgIpc) is 1.98. The van der Waals surface area contributed by atoms with Crippen LogP contribution in [0.5, 0.6) is 0 Å². The summed E-state index contributed by atoms with van der Waals surface area (Å²) >= 11 is 0. The molecular weight excluding hydrogens is 154 g/mol. The second kappa shape index (κ2) is 3.52. The van der Waals surface area contributed by atoms with E-state index in [1.807, 2.05) is 0 Å². The van der Waals surface area contributed by atoms with Crippen molar-refractivity contribution in [2.24, 2.45) is 0 Å². The molecule has 0 bridgehead atoms. The van der Waals surface area contributed by atoms with E-state index in [4.69, 9.17) is 0 Å². The Labute approximate surface area is 71.8 Å². The lowest BCUT2D eigenvalue weighted by Crippen LogP contribution is -2.24. The maximum Gasteiger partial charge on any atom is 0.221 e. The lowest BCUT2D eigenvalue weighted by atomic mass is 9.96. The minimum Gasteiger partial charge on any atom is -0.330 e. The first-order chi connectivity index (χ1) is 5.61. The summed E-state index contributed by atoms with van der Waals surface area (Å²) < 4.78 is 0. The molecule has 3 nitrogen and oxygen atoms in total. The first kappa shape index (κ1) is 8.97. The molecule has 3 heteroatoms. The molecule has 0 unspecified atom stereocenters. The highest BCUT2D eigenvalue weighted by Gasteiger charge is 2.16. The lowest BCUT2D eigenvalue weighted by Gasteiger charge is -2.16. The first-order valence-electron chi connectivity index (χ1n) is 4.12. The van der Waals surface area contributed by atoms with E-state index in [0.717, 1.165) is 24.1 Å². The fourth-order valence-electron chi connectivity index (χ4n) is 1.34. The van der Waals surface area contributed by atoms with E-state index < -0.39 is 0 Å². The molecule has 0 aliphatic heterocycles. The van der Waals surface area contributed by atoms with Crippen LogP contribution in [0.25, 0.3) is 0 Å². The normalized spacial score (nSPS) is 18.0. The van der Waals surface area contributed by atoms with Crippen LogP contribution in [0.4, 0.5) is 0 Å². The van der Waals surface area contributed by atoms with Crippen molar-refractivity contribution in [1.82, 2.24) is 5.32 Å². The Morgan fingerprint density at radius 1 is 1.42 bits per heavy atom. The first-order valence-corrected chi connectivity index (χ1v) is 4.12. The number of hydrogen-bond acceptors (Lipinski definition) is 2. The molecule has 1 amide bonds. The van der Waals surface area contributed by atoms with E-state index >= 15 is 0 Å². The zero-order valence-electron chi connectivity index (χ0n) is 7.44. The van der Waals surface area contributed by atoms with E-state index in [9.17, 15) is 9.59 Å². The Hall–Kier alpha value is -1.12. The summed E-state index contributed by atoms with van der Waals surface area (Å²) in [5.74, 6) is 0.0593. The molecule has 1 aliphatic carbocycles. The Bertz CT molecular complexity index is 253. The number of Topliss-reactive ketones (excluding diaryl/α,β-unsaturated/α-hetero) is 1. The van der Waals surface area contributed by atoms with Crippen LogP contribution in [0.3, 0.4) is 0 Å². The van der Waals surface area contributed by atoms with Crippen molar-refractivity contribution in [2.45, 2.75) is 33.1 Å². The molecule has 0 spiro atoms. The standard InChI is InChI=1S/C9H13NO2/c1-6-8(10-7(2)11)4-3-5-9(6)12/h3-5H2,1-2H3,(H,10,11). The van der Waals surface area contributed by atoms with Crippen LogP contribution in [0.15, 0.2) is 11.3 Å². The Balaban J connectivity index is 2.78. The van der Waals surface area contributed by atoms with Gasteiger partial charge in [0.2, 0.25) is 5.91 Å². The molecule has 1 aliphatic rings. The largest absolute Gasteiger partial charge is 0.330 e. The van der Waals surface area contributed by atoms with Gasteiger partial charge in [0.25, 0.3) is 0 Å². The molecule has 0 fully saturated rings. The highest BCUT2D eigenvalue weighted by molar-refractivity contribution is 5.96. The summed E-state index contributed by atoms with van der Waals surface area (Å²) in [7, 11) is 0. The fourth-order valence-corrected chi connectivity index (χ4v) is 1.34. The molecule has 0 aromatic carbocycles. The van der Waals surface area contributed by atoms with Crippen LogP contribution in [0, 0.1) is 0 Å². The van der Waals surface area contributed by atoms with Crippen molar-refractivity contribution >= 4 is 11.7 Å². The summed E-state index contributed by atoms with van der Waals surface area (Å²) in [6.07, 6.45) is 2.29. The monoisotopic (exact) mass is 167 g/mol. The minimum absolute atomic E-state index is 0.0981. The summed E-state index contributed by atoms with van der Waals surface area (Å²) in [4.78, 5) is 21.9. The molecular formula is C9H13NO2. The lowest BCUT2D eigenvalue weighted by molar-refractivity contribution is -0.118. The van der Waals surface area contributed by atoms with Crippen molar-refractivity contribution < 1.29 is 9.59 Å². The third kappa shape index (κ3) is 1.94. The van der Waals surface area contributed by atoms with Crippen LogP contribution in [-0.2, 0) is 9.59 Å². The molecule has 0 aromatic heterocycles. The topological polar surface area (TPSA) is 46.2 Å². The Kier molecular flexibility index (Phi) is 2.63. The number of nitrogens with one attached hydrogen (secondary N) is 1. The Morgan fingerprint density at radius 3 is 2.67 bits per heavy atom. The summed E-state index contributed by atoms with van der Waals surface area (Å²) in [5.41, 5.74) is 1.52. The minimum atomic E-state index is -0.0981. The quantitative estimate of drug-likeness (QED) is 0.636. The maximum atomic E-state index is 11.2. The van der Waals surface area contributed by atoms with Gasteiger partial charge in [0, 0.05) is 24.6 Å². The van der Waals surface area contributed by atoms with Crippen molar-refractivity contribution in [3.05, 3.63) is 11.3 Å². The van der Waals surface area contributed by atoms with Gasteiger partial charge in [-0.2, -0.15) is 0 Å². The van der Waals surface area contributed by atoms with Crippen LogP contribution in [0.2, 0.25) is 0 Å². The van der Waals surface area contributed by atoms with E-state index in [0.29, 0.717) is 6.42 Å². The summed E-state index contributed by atoms with van der Waals surface area (Å²) in [6.45, 7) is 3.23. The summed E-state index contributed by atoms with van der Waals surface area (Å²) in [6, 6.07) is 0. The number of ketones is 1. The van der Waals surface area contributed by atoms with Crippen molar-refractivity contribution in [1.29, 1.82) is 0 Å². The zero-order valence-corrected chi connectivity index (χ0v) is 7.44. The molecule has 0 atom stereocenters. The smallest absolute Gasteiger partial charge is 0.221 e. The van der Waals surface area contributed by atoms with Crippen LogP contribution < -0.4 is 5.32 Å². The van der Waals surface area contributed by atoms with Gasteiger partial charge in [0.1, 0.15) is 0 Å². The third-order valence-electron chi connectivity index (χ3n) is 2.03. The van der Waals surface area contributed by atoms with Crippen LogP contribution in [-0.4, -0.2) is 11.7 Å². The summed E-state index contributed by atoms with van der Waals surface area (Å²) in [5, 5.41) is 2.68. The Morgan fingerprint density at radius 2 is 2.08 bits per heavy atom. The van der Waals surface area contributed by atoms with Gasteiger partial charge in [-0.3, -0.25) is 9.59 Å². The number of carbonyl (C=O) groups excluding carboxylic acids is 2. The number of allylic oxidation sites excluding steroid dienone is 2. The van der Waals surface area contributed by atoms with E-state index in [-0.39, 0.29) is 11.7 Å². The highest BCUT2D eigenvalue weighted by Crippen LogP contribution is 2.19. The van der Waals surface area contributed by atoms with E-state index in [1.54, 1.807) is 6.92 Å². The molecule has 0 saturated carbocycles. The number of amides is 1. The average molecular weight is 167 g/mol. The maximum absolute atomic E-state index is 11.2. The van der Waals surface area contributed by atoms with Gasteiger partial charge in [-0.05, 0) is 19.8 Å².